The number of aliphatic carboxylic acids is 1. The van der Waals surface area contributed by atoms with Gasteiger partial charge in [-0.15, -0.1) is 0 Å². The van der Waals surface area contributed by atoms with Gasteiger partial charge in [0, 0.05) is 25.9 Å². The molecule has 2 unspecified atom stereocenters. The number of aldehydes is 1. The van der Waals surface area contributed by atoms with Crippen molar-refractivity contribution in [2.45, 2.75) is 26.5 Å². The molecule has 2 aromatic rings. The van der Waals surface area contributed by atoms with Crippen LogP contribution < -0.4 is 14.3 Å². The van der Waals surface area contributed by atoms with Crippen molar-refractivity contribution in [1.29, 1.82) is 0 Å². The summed E-state index contributed by atoms with van der Waals surface area (Å²) < 4.78 is 29.4. The molecule has 0 radical (unpaired) electrons. The van der Waals surface area contributed by atoms with Crippen molar-refractivity contribution in [1.82, 2.24) is 15.0 Å². The number of hydrogen-bond donors (Lipinski definition) is 2. The minimum atomic E-state index is -4.21. The number of amides is 1. The Kier molecular flexibility index (Phi) is 8.48. The fourth-order valence-electron chi connectivity index (χ4n) is 2.35. The zero-order valence-electron chi connectivity index (χ0n) is 18.0. The third kappa shape index (κ3) is 6.61. The van der Waals surface area contributed by atoms with Gasteiger partial charge in [-0.05, 0) is 26.0 Å². The first-order valence-electron chi connectivity index (χ1n) is 9.39. The number of rotatable bonds is 10. The average molecular weight is 465 g/mol. The number of carbonyl (C=O) groups excluding carboxylic acids is 2. The first-order chi connectivity index (χ1) is 15.1. The van der Waals surface area contributed by atoms with Gasteiger partial charge in [-0.25, -0.2) is 9.36 Å². The number of carbonyl (C=O) groups is 3. The highest BCUT2D eigenvalue weighted by atomic mass is 31.2. The number of benzene rings is 1. The zero-order valence-corrected chi connectivity index (χ0v) is 18.9. The largest absolute Gasteiger partial charge is 0.480 e. The van der Waals surface area contributed by atoms with Crippen LogP contribution in [0, 0.1) is 6.92 Å². The number of nitrogens with zero attached hydrogens (tertiary/aromatic N) is 2. The average Bonchev–Trinajstić information content (AvgIpc) is 2.74. The van der Waals surface area contributed by atoms with E-state index < -0.39 is 32.5 Å². The number of para-hydroxylation sites is 1. The van der Waals surface area contributed by atoms with Crippen LogP contribution >= 0.6 is 7.75 Å². The Bertz CT molecular complexity index is 1030. The van der Waals surface area contributed by atoms with Gasteiger partial charge in [-0.2, -0.15) is 5.09 Å². The van der Waals surface area contributed by atoms with E-state index in [9.17, 15) is 24.1 Å². The molecule has 1 heterocycles. The zero-order chi connectivity index (χ0) is 23.9. The number of pyridine rings is 1. The fraction of sp³-hybridized carbons (Fsp3) is 0.300. The van der Waals surface area contributed by atoms with Crippen molar-refractivity contribution in [2.75, 3.05) is 14.1 Å². The summed E-state index contributed by atoms with van der Waals surface area (Å²) in [6.07, 6.45) is 1.05. The van der Waals surface area contributed by atoms with E-state index in [1.54, 1.807) is 25.1 Å². The van der Waals surface area contributed by atoms with Crippen LogP contribution in [0.4, 0.5) is 4.79 Å². The summed E-state index contributed by atoms with van der Waals surface area (Å²) in [4.78, 5) is 40.2. The predicted molar refractivity (Wildman–Crippen MR) is 114 cm³/mol. The Balaban J connectivity index is 2.33. The van der Waals surface area contributed by atoms with Gasteiger partial charge in [0.2, 0.25) is 0 Å². The van der Waals surface area contributed by atoms with E-state index in [2.05, 4.69) is 10.1 Å². The van der Waals surface area contributed by atoms with Crippen LogP contribution in [0.2, 0.25) is 0 Å². The Morgan fingerprint density at radius 1 is 1.28 bits per heavy atom. The molecule has 2 N–H and O–H groups in total. The van der Waals surface area contributed by atoms with Gasteiger partial charge < -0.3 is 19.3 Å². The van der Waals surface area contributed by atoms with E-state index >= 15 is 0 Å². The summed E-state index contributed by atoms with van der Waals surface area (Å²) in [5.74, 6) is -1.15. The number of aromatic nitrogens is 1. The molecule has 0 aliphatic heterocycles. The SMILES string of the molecule is Cc1ncc(COP(=O)(NC(C)C(=O)O)Oc2ccccc2)c(C=O)c1OC(=O)N(C)C. The number of carboxylic acids is 1. The molecule has 11 nitrogen and oxygen atoms in total. The molecule has 1 aromatic carbocycles. The third-order valence-corrected chi connectivity index (χ3v) is 5.71. The maximum atomic E-state index is 13.3. The summed E-state index contributed by atoms with van der Waals surface area (Å²) in [5, 5.41) is 11.5. The quantitative estimate of drug-likeness (QED) is 0.397. The van der Waals surface area contributed by atoms with Gasteiger partial charge in [0.05, 0.1) is 17.9 Å². The molecule has 0 spiro atoms. The standard InChI is InChI=1S/C20H24N3O8P/c1-13-18(30-20(27)23(3)4)17(11-24)15(10-21-13)12-29-32(28,22-14(2)19(25)26)31-16-8-6-5-7-9-16/h5-11,14H,12H2,1-4H3,(H,22,28)(H,25,26). The maximum absolute atomic E-state index is 13.3. The lowest BCUT2D eigenvalue weighted by Crippen LogP contribution is -2.33. The second-order valence-electron chi connectivity index (χ2n) is 6.86. The molecule has 32 heavy (non-hydrogen) atoms. The molecule has 0 fully saturated rings. The summed E-state index contributed by atoms with van der Waals surface area (Å²) in [6.45, 7) is 2.38. The normalized spacial score (nSPS) is 13.5. The number of carboxylic acid groups (broad SMARTS) is 1. The maximum Gasteiger partial charge on any atom is 0.459 e. The molecular formula is C20H24N3O8P. The second-order valence-corrected chi connectivity index (χ2v) is 8.55. The van der Waals surface area contributed by atoms with Crippen molar-refractivity contribution >= 4 is 26.1 Å². The monoisotopic (exact) mass is 465 g/mol. The van der Waals surface area contributed by atoms with Gasteiger partial charge in [0.1, 0.15) is 11.8 Å². The van der Waals surface area contributed by atoms with Crippen molar-refractivity contribution < 1.29 is 37.8 Å². The molecule has 0 aliphatic rings. The molecule has 1 amide bonds. The van der Waals surface area contributed by atoms with Crippen LogP contribution in [0.15, 0.2) is 36.5 Å². The Hall–Kier alpha value is -3.27. The Morgan fingerprint density at radius 3 is 2.50 bits per heavy atom. The number of nitrogens with one attached hydrogen (secondary N) is 1. The van der Waals surface area contributed by atoms with Crippen LogP contribution in [-0.2, 0) is 20.5 Å². The van der Waals surface area contributed by atoms with Crippen molar-refractivity contribution in [3.05, 3.63) is 53.3 Å². The first kappa shape index (κ1) is 25.0. The lowest BCUT2D eigenvalue weighted by atomic mass is 10.1. The molecule has 172 valence electrons. The molecule has 2 atom stereocenters. The van der Waals surface area contributed by atoms with Gasteiger partial charge >= 0.3 is 19.8 Å². The van der Waals surface area contributed by atoms with E-state index in [0.29, 0.717) is 6.29 Å². The molecule has 0 saturated heterocycles. The van der Waals surface area contributed by atoms with Crippen molar-refractivity contribution in [3.8, 4) is 11.5 Å². The minimum Gasteiger partial charge on any atom is -0.480 e. The highest BCUT2D eigenvalue weighted by Gasteiger charge is 2.32. The van der Waals surface area contributed by atoms with E-state index in [4.69, 9.17) is 13.8 Å². The van der Waals surface area contributed by atoms with E-state index in [0.717, 1.165) is 0 Å². The Morgan fingerprint density at radius 2 is 1.94 bits per heavy atom. The molecule has 0 bridgehead atoms. The second kappa shape index (κ2) is 10.9. The molecule has 0 aliphatic carbocycles. The van der Waals surface area contributed by atoms with Gasteiger partial charge in [0.15, 0.2) is 12.0 Å². The van der Waals surface area contributed by atoms with E-state index in [1.807, 2.05) is 0 Å². The predicted octanol–water partition coefficient (Wildman–Crippen LogP) is 3.03. The lowest BCUT2D eigenvalue weighted by Gasteiger charge is -2.22. The Labute approximate surface area is 184 Å². The summed E-state index contributed by atoms with van der Waals surface area (Å²) in [6, 6.07) is 6.78. The molecule has 0 saturated carbocycles. The minimum absolute atomic E-state index is 0.0229. The number of hydrogen-bond acceptors (Lipinski definition) is 8. The van der Waals surface area contributed by atoms with Crippen LogP contribution in [0.3, 0.4) is 0 Å². The summed E-state index contributed by atoms with van der Waals surface area (Å²) in [7, 11) is -1.25. The lowest BCUT2D eigenvalue weighted by molar-refractivity contribution is -0.138. The molecular weight excluding hydrogens is 441 g/mol. The first-order valence-corrected chi connectivity index (χ1v) is 10.9. The highest BCUT2D eigenvalue weighted by molar-refractivity contribution is 7.52. The van der Waals surface area contributed by atoms with Crippen LogP contribution in [-0.4, -0.2) is 53.5 Å². The van der Waals surface area contributed by atoms with Crippen LogP contribution in [0.25, 0.3) is 0 Å². The highest BCUT2D eigenvalue weighted by Crippen LogP contribution is 2.46. The van der Waals surface area contributed by atoms with Crippen molar-refractivity contribution in [2.24, 2.45) is 0 Å². The van der Waals surface area contributed by atoms with Crippen LogP contribution in [0.5, 0.6) is 11.5 Å². The van der Waals surface area contributed by atoms with Gasteiger partial charge in [-0.3, -0.25) is 19.1 Å². The van der Waals surface area contributed by atoms with Crippen molar-refractivity contribution in [3.63, 3.8) is 0 Å². The number of ether oxygens (including phenoxy) is 1. The molecule has 2 rings (SSSR count). The smallest absolute Gasteiger partial charge is 0.459 e. The van der Waals surface area contributed by atoms with Crippen LogP contribution in [0.1, 0.15) is 28.5 Å². The van der Waals surface area contributed by atoms with Gasteiger partial charge in [0.25, 0.3) is 0 Å². The van der Waals surface area contributed by atoms with E-state index in [1.165, 1.54) is 44.2 Å². The molecule has 12 heteroatoms. The summed E-state index contributed by atoms with van der Waals surface area (Å²) in [5.41, 5.74) is 0.423. The van der Waals surface area contributed by atoms with Gasteiger partial charge in [-0.1, -0.05) is 18.2 Å². The fourth-order valence-corrected chi connectivity index (χ4v) is 3.83. The summed E-state index contributed by atoms with van der Waals surface area (Å²) >= 11 is 0. The topological polar surface area (TPSA) is 144 Å². The third-order valence-electron chi connectivity index (χ3n) is 4.09. The van der Waals surface area contributed by atoms with E-state index in [-0.39, 0.29) is 28.3 Å². The number of aryl methyl sites for hydroxylation is 1. The molecule has 1 aromatic heterocycles.